The number of likely N-dealkylation sites (tertiary alicyclic amines) is 1. The van der Waals surface area contributed by atoms with E-state index in [0.717, 1.165) is 32.5 Å². The van der Waals surface area contributed by atoms with Crippen molar-refractivity contribution >= 4 is 18.3 Å². The Bertz CT molecular complexity index is 442. The maximum Gasteiger partial charge on any atom is 0.222 e. The number of ether oxygens (including phenoxy) is 1. The van der Waals surface area contributed by atoms with Gasteiger partial charge < -0.3 is 15.4 Å². The fourth-order valence-corrected chi connectivity index (χ4v) is 3.07. The molecule has 4 nitrogen and oxygen atoms in total. The van der Waals surface area contributed by atoms with Gasteiger partial charge in [0, 0.05) is 39.1 Å². The molecule has 1 aliphatic heterocycles. The molecular formula is C17H27ClN2O2. The molecule has 0 aliphatic carbocycles. The molecule has 22 heavy (non-hydrogen) atoms. The minimum atomic E-state index is 0. The van der Waals surface area contributed by atoms with Crippen molar-refractivity contribution in [1.82, 2.24) is 4.90 Å². The van der Waals surface area contributed by atoms with Crippen LogP contribution in [0.1, 0.15) is 30.7 Å². The number of hydrogen-bond donors (Lipinski definition) is 1. The first kappa shape index (κ1) is 18.9. The number of carbonyl (C=O) groups excluding carboxylic acids is 1. The topological polar surface area (TPSA) is 55.6 Å². The summed E-state index contributed by atoms with van der Waals surface area (Å²) in [5.41, 5.74) is 7.20. The van der Waals surface area contributed by atoms with Crippen molar-refractivity contribution in [2.24, 2.45) is 11.7 Å². The quantitative estimate of drug-likeness (QED) is 0.783. The van der Waals surface area contributed by atoms with Crippen LogP contribution in [0.2, 0.25) is 0 Å². The maximum atomic E-state index is 12.3. The molecule has 2 atom stereocenters. The second kappa shape index (κ2) is 9.82. The third-order valence-corrected chi connectivity index (χ3v) is 4.31. The Labute approximate surface area is 139 Å². The van der Waals surface area contributed by atoms with Gasteiger partial charge in [-0.3, -0.25) is 4.79 Å². The molecule has 1 aromatic rings. The molecule has 124 valence electrons. The molecule has 1 aliphatic rings. The number of nitrogens with zero attached hydrogens (tertiary/aromatic N) is 1. The van der Waals surface area contributed by atoms with E-state index in [9.17, 15) is 4.79 Å². The van der Waals surface area contributed by atoms with E-state index < -0.39 is 0 Å². The molecule has 0 radical (unpaired) electrons. The summed E-state index contributed by atoms with van der Waals surface area (Å²) < 4.78 is 5.02. The largest absolute Gasteiger partial charge is 0.385 e. The average Bonchev–Trinajstić information content (AvgIpc) is 2.96. The van der Waals surface area contributed by atoms with E-state index in [1.165, 1.54) is 5.56 Å². The standard InChI is InChI=1S/C17H26N2O2.ClH/c1-21-10-6-5-9-17(20)19-12-15(11-18)16(13-19)14-7-3-2-4-8-14;/h2-4,7-8,15-16H,5-6,9-13,18H2,1H3;1H/t15-,16+;/m1./s1. The summed E-state index contributed by atoms with van der Waals surface area (Å²) in [6, 6.07) is 10.4. The Morgan fingerprint density at radius 1 is 1.27 bits per heavy atom. The van der Waals surface area contributed by atoms with E-state index in [2.05, 4.69) is 24.3 Å². The van der Waals surface area contributed by atoms with Gasteiger partial charge >= 0.3 is 0 Å². The van der Waals surface area contributed by atoms with Crippen molar-refractivity contribution in [1.29, 1.82) is 0 Å². The zero-order valence-electron chi connectivity index (χ0n) is 13.2. The summed E-state index contributed by atoms with van der Waals surface area (Å²) in [7, 11) is 1.69. The highest BCUT2D eigenvalue weighted by atomic mass is 35.5. The molecule has 2 rings (SSSR count). The summed E-state index contributed by atoms with van der Waals surface area (Å²) in [6.45, 7) is 2.95. The predicted octanol–water partition coefficient (Wildman–Crippen LogP) is 2.43. The Balaban J connectivity index is 0.00000242. The first-order valence-electron chi connectivity index (χ1n) is 7.78. The van der Waals surface area contributed by atoms with Crippen molar-refractivity contribution in [2.75, 3.05) is 33.4 Å². The average molecular weight is 327 g/mol. The zero-order chi connectivity index (χ0) is 15.1. The molecule has 1 fully saturated rings. The lowest BCUT2D eigenvalue weighted by molar-refractivity contribution is -0.130. The SMILES string of the molecule is COCCCCC(=O)N1C[C@@H](CN)[C@H](c2ccccc2)C1.Cl. The normalized spacial score (nSPS) is 20.7. The molecule has 1 aromatic carbocycles. The van der Waals surface area contributed by atoms with Gasteiger partial charge in [0.1, 0.15) is 0 Å². The zero-order valence-corrected chi connectivity index (χ0v) is 14.1. The summed E-state index contributed by atoms with van der Waals surface area (Å²) in [6.07, 6.45) is 2.45. The van der Waals surface area contributed by atoms with Crippen LogP contribution in [0.3, 0.4) is 0 Å². The molecule has 0 aromatic heterocycles. The number of rotatable bonds is 7. The van der Waals surface area contributed by atoms with Crippen molar-refractivity contribution in [3.05, 3.63) is 35.9 Å². The van der Waals surface area contributed by atoms with Gasteiger partial charge in [-0.2, -0.15) is 0 Å². The highest BCUT2D eigenvalue weighted by Gasteiger charge is 2.34. The monoisotopic (exact) mass is 326 g/mol. The van der Waals surface area contributed by atoms with Crippen LogP contribution in [0.15, 0.2) is 30.3 Å². The number of hydrogen-bond acceptors (Lipinski definition) is 3. The van der Waals surface area contributed by atoms with Crippen LogP contribution in [0.4, 0.5) is 0 Å². The van der Waals surface area contributed by atoms with Crippen LogP contribution in [0, 0.1) is 5.92 Å². The minimum absolute atomic E-state index is 0. The third kappa shape index (κ3) is 4.97. The molecule has 1 saturated heterocycles. The Hall–Kier alpha value is -1.10. The first-order valence-corrected chi connectivity index (χ1v) is 7.78. The molecule has 0 unspecified atom stereocenters. The predicted molar refractivity (Wildman–Crippen MR) is 91.3 cm³/mol. The van der Waals surface area contributed by atoms with Gasteiger partial charge in [-0.05, 0) is 30.9 Å². The molecular weight excluding hydrogens is 300 g/mol. The smallest absolute Gasteiger partial charge is 0.222 e. The highest BCUT2D eigenvalue weighted by Crippen LogP contribution is 2.32. The van der Waals surface area contributed by atoms with E-state index in [4.69, 9.17) is 10.5 Å². The molecule has 0 spiro atoms. The van der Waals surface area contributed by atoms with Gasteiger partial charge in [0.25, 0.3) is 0 Å². The number of benzene rings is 1. The van der Waals surface area contributed by atoms with Crippen molar-refractivity contribution < 1.29 is 9.53 Å². The molecule has 1 heterocycles. The lowest BCUT2D eigenvalue weighted by atomic mass is 9.89. The van der Waals surface area contributed by atoms with E-state index in [1.54, 1.807) is 7.11 Å². The lowest BCUT2D eigenvalue weighted by Crippen LogP contribution is -2.29. The number of amides is 1. The molecule has 2 N–H and O–H groups in total. The molecule has 5 heteroatoms. The van der Waals surface area contributed by atoms with Crippen LogP contribution in [0.5, 0.6) is 0 Å². The van der Waals surface area contributed by atoms with Gasteiger partial charge in [0.2, 0.25) is 5.91 Å². The van der Waals surface area contributed by atoms with E-state index in [-0.39, 0.29) is 18.3 Å². The van der Waals surface area contributed by atoms with Gasteiger partial charge in [-0.1, -0.05) is 30.3 Å². The summed E-state index contributed by atoms with van der Waals surface area (Å²) in [5, 5.41) is 0. The fourth-order valence-electron chi connectivity index (χ4n) is 3.07. The van der Waals surface area contributed by atoms with E-state index in [1.807, 2.05) is 11.0 Å². The summed E-state index contributed by atoms with van der Waals surface area (Å²) in [4.78, 5) is 14.3. The maximum absolute atomic E-state index is 12.3. The highest BCUT2D eigenvalue weighted by molar-refractivity contribution is 5.85. The van der Waals surface area contributed by atoms with Gasteiger partial charge in [0.05, 0.1) is 0 Å². The third-order valence-electron chi connectivity index (χ3n) is 4.31. The fraction of sp³-hybridized carbons (Fsp3) is 0.588. The lowest BCUT2D eigenvalue weighted by Gasteiger charge is -2.16. The summed E-state index contributed by atoms with van der Waals surface area (Å²) >= 11 is 0. The van der Waals surface area contributed by atoms with Crippen LogP contribution in [0.25, 0.3) is 0 Å². The minimum Gasteiger partial charge on any atom is -0.385 e. The van der Waals surface area contributed by atoms with Crippen LogP contribution in [-0.2, 0) is 9.53 Å². The number of unbranched alkanes of at least 4 members (excludes halogenated alkanes) is 1. The number of carbonyl (C=O) groups is 1. The number of halogens is 1. The van der Waals surface area contributed by atoms with Crippen molar-refractivity contribution in [3.8, 4) is 0 Å². The van der Waals surface area contributed by atoms with Gasteiger partial charge in [-0.25, -0.2) is 0 Å². The van der Waals surface area contributed by atoms with Crippen LogP contribution < -0.4 is 5.73 Å². The Morgan fingerprint density at radius 3 is 2.64 bits per heavy atom. The Kier molecular flexibility index (Phi) is 8.46. The van der Waals surface area contributed by atoms with E-state index in [0.29, 0.717) is 24.8 Å². The molecule has 0 bridgehead atoms. The van der Waals surface area contributed by atoms with Crippen LogP contribution in [-0.4, -0.2) is 44.2 Å². The number of methoxy groups -OCH3 is 1. The summed E-state index contributed by atoms with van der Waals surface area (Å²) in [5.74, 6) is 0.998. The van der Waals surface area contributed by atoms with E-state index >= 15 is 0 Å². The van der Waals surface area contributed by atoms with Crippen LogP contribution >= 0.6 is 12.4 Å². The van der Waals surface area contributed by atoms with Crippen molar-refractivity contribution in [2.45, 2.75) is 25.2 Å². The van der Waals surface area contributed by atoms with Gasteiger partial charge in [0.15, 0.2) is 0 Å². The molecule has 0 saturated carbocycles. The second-order valence-electron chi connectivity index (χ2n) is 5.76. The Morgan fingerprint density at radius 2 is 2.00 bits per heavy atom. The first-order chi connectivity index (χ1) is 10.3. The molecule has 1 amide bonds. The second-order valence-corrected chi connectivity index (χ2v) is 5.76. The number of nitrogens with two attached hydrogens (primary N) is 1. The van der Waals surface area contributed by atoms with Gasteiger partial charge in [-0.15, -0.1) is 12.4 Å². The van der Waals surface area contributed by atoms with Crippen molar-refractivity contribution in [3.63, 3.8) is 0 Å².